The van der Waals surface area contributed by atoms with Gasteiger partial charge in [0.15, 0.2) is 0 Å². The largest absolute Gasteiger partial charge is 0.485 e. The van der Waals surface area contributed by atoms with Gasteiger partial charge in [0.1, 0.15) is 11.4 Å². The highest BCUT2D eigenvalue weighted by atomic mass is 16.5. The Kier molecular flexibility index (Phi) is 20.9. The number of fused-ring (bicyclic) bond motifs is 1. The van der Waals surface area contributed by atoms with Gasteiger partial charge in [-0.1, -0.05) is 145 Å². The van der Waals surface area contributed by atoms with E-state index in [2.05, 4.69) is 170 Å². The predicted octanol–water partition coefficient (Wildman–Crippen LogP) is 16.4. The lowest BCUT2D eigenvalue weighted by molar-refractivity contribution is -0.0000733. The Labute approximate surface area is 386 Å². The van der Waals surface area contributed by atoms with Crippen molar-refractivity contribution in [2.75, 3.05) is 29.9 Å². The smallest absolute Gasteiger partial charge is 0.147 e. The molecular weight excluding hydrogens is 767 g/mol. The van der Waals surface area contributed by atoms with Crippen LogP contribution in [0, 0.1) is 55.4 Å². The molecule has 1 saturated heterocycles. The third-order valence-corrected chi connectivity index (χ3v) is 12.7. The molecule has 4 aromatic carbocycles. The lowest BCUT2D eigenvalue weighted by Crippen LogP contribution is -2.41. The highest BCUT2D eigenvalue weighted by Gasteiger charge is 2.39. The summed E-state index contributed by atoms with van der Waals surface area (Å²) in [5, 5.41) is 3.51. The van der Waals surface area contributed by atoms with Gasteiger partial charge in [-0.05, 0) is 163 Å². The summed E-state index contributed by atoms with van der Waals surface area (Å²) in [6.45, 7) is 38.7. The molecule has 0 spiro atoms. The quantitative estimate of drug-likeness (QED) is 0.170. The Morgan fingerprint density at radius 3 is 1.57 bits per heavy atom. The number of nitrogens with one attached hydrogen (secondary N) is 1. The number of nitrogens with zero attached hydrogens (tertiary/aromatic N) is 2. The maximum Gasteiger partial charge on any atom is 0.147 e. The highest BCUT2D eigenvalue weighted by molar-refractivity contribution is 6.02. The third kappa shape index (κ3) is 12.1. The molecule has 0 atom stereocenters. The molecule has 4 nitrogen and oxygen atoms in total. The molecule has 4 heteroatoms. The molecule has 0 amide bonds. The first-order valence-corrected chi connectivity index (χ1v) is 24.7. The second-order valence-corrected chi connectivity index (χ2v) is 17.2. The van der Waals surface area contributed by atoms with Gasteiger partial charge in [-0.2, -0.15) is 0 Å². The number of hydrogen-bond acceptors (Lipinski definition) is 4. The summed E-state index contributed by atoms with van der Waals surface area (Å²) < 4.78 is 7.02. The van der Waals surface area contributed by atoms with Crippen LogP contribution >= 0.6 is 0 Å². The molecule has 0 aromatic heterocycles. The van der Waals surface area contributed by atoms with Crippen LogP contribution in [-0.4, -0.2) is 31.9 Å². The van der Waals surface area contributed by atoms with E-state index in [1.807, 2.05) is 48.6 Å². The minimum Gasteiger partial charge on any atom is -0.485 e. The molecule has 63 heavy (non-hydrogen) atoms. The van der Waals surface area contributed by atoms with Crippen molar-refractivity contribution < 1.29 is 4.74 Å². The van der Waals surface area contributed by atoms with Crippen molar-refractivity contribution in [2.24, 2.45) is 0 Å². The second kappa shape index (κ2) is 25.0. The van der Waals surface area contributed by atoms with E-state index in [0.717, 1.165) is 44.5 Å². The first kappa shape index (κ1) is 52.6. The van der Waals surface area contributed by atoms with Crippen LogP contribution in [-0.2, 0) is 4.74 Å². The van der Waals surface area contributed by atoms with Gasteiger partial charge in [0, 0.05) is 37.1 Å². The molecular formula is C59H87N3O. The van der Waals surface area contributed by atoms with Crippen molar-refractivity contribution in [1.29, 1.82) is 0 Å². The number of aryl methyl sites for hydroxylation is 8. The molecule has 0 unspecified atom stereocenters. The summed E-state index contributed by atoms with van der Waals surface area (Å²) in [4.78, 5) is 5.14. The summed E-state index contributed by atoms with van der Waals surface area (Å²) in [6, 6.07) is 24.6. The molecule has 2 fully saturated rings. The van der Waals surface area contributed by atoms with Gasteiger partial charge in [0.25, 0.3) is 0 Å². The fourth-order valence-electron chi connectivity index (χ4n) is 10.3. The van der Waals surface area contributed by atoms with E-state index in [0.29, 0.717) is 6.17 Å². The molecule has 1 N–H and O–H groups in total. The zero-order chi connectivity index (χ0) is 47.0. The van der Waals surface area contributed by atoms with Crippen LogP contribution in [0.4, 0.5) is 11.4 Å². The minimum absolute atomic E-state index is 0.247. The first-order valence-electron chi connectivity index (χ1n) is 24.7. The molecule has 1 saturated carbocycles. The lowest BCUT2D eigenvalue weighted by atomic mass is 9.81. The van der Waals surface area contributed by atoms with Crippen LogP contribution in [0.1, 0.15) is 168 Å². The molecule has 0 radical (unpaired) electrons. The zero-order valence-electron chi connectivity index (χ0n) is 43.2. The van der Waals surface area contributed by atoms with Crippen LogP contribution in [0.15, 0.2) is 90.3 Å². The average Bonchev–Trinajstić information content (AvgIpc) is 3.83. The van der Waals surface area contributed by atoms with Crippen molar-refractivity contribution in [3.63, 3.8) is 0 Å². The Bertz CT molecular complexity index is 2050. The van der Waals surface area contributed by atoms with Crippen molar-refractivity contribution >= 4 is 22.5 Å². The molecule has 0 bridgehead atoms. The Morgan fingerprint density at radius 2 is 1.13 bits per heavy atom. The van der Waals surface area contributed by atoms with E-state index in [9.17, 15) is 0 Å². The van der Waals surface area contributed by atoms with Gasteiger partial charge in [-0.25, -0.2) is 0 Å². The number of benzene rings is 4. The molecule has 1 heterocycles. The zero-order valence-corrected chi connectivity index (χ0v) is 43.2. The number of rotatable bonds is 9. The average molecular weight is 854 g/mol. The number of allylic oxidation sites excluding steroid dienone is 4. The molecule has 2 aliphatic carbocycles. The van der Waals surface area contributed by atoms with E-state index in [1.165, 1.54) is 109 Å². The van der Waals surface area contributed by atoms with Crippen LogP contribution in [0.5, 0.6) is 0 Å². The number of ether oxygens (including phenoxy) is 1. The normalized spacial score (nSPS) is 16.2. The van der Waals surface area contributed by atoms with Crippen LogP contribution in [0.25, 0.3) is 11.1 Å². The summed E-state index contributed by atoms with van der Waals surface area (Å²) in [5.41, 5.74) is 21.2. The van der Waals surface area contributed by atoms with Crippen molar-refractivity contribution in [2.45, 2.75) is 174 Å². The maximum absolute atomic E-state index is 7.02. The van der Waals surface area contributed by atoms with Gasteiger partial charge >= 0.3 is 0 Å². The van der Waals surface area contributed by atoms with E-state index >= 15 is 0 Å². The van der Waals surface area contributed by atoms with Crippen molar-refractivity contribution in [1.82, 2.24) is 5.32 Å². The monoisotopic (exact) mass is 854 g/mol. The SMILES string of the molecule is CC.CC.CC.CCC/C=C(\NC)C1(O/C(C)=C2/C=C(c3c(C)cccc3C)c3ccccc32)CCCCC1.Cc1cc(C)c(N2CCN(c3c(C)cc(C)cc3C)C2C)c(C)c1. The van der Waals surface area contributed by atoms with E-state index in [1.54, 1.807) is 0 Å². The van der Waals surface area contributed by atoms with Gasteiger partial charge in [-0.15, -0.1) is 0 Å². The third-order valence-electron chi connectivity index (χ3n) is 12.7. The molecule has 3 aliphatic rings. The fourth-order valence-corrected chi connectivity index (χ4v) is 10.3. The molecule has 1 aliphatic heterocycles. The van der Waals surface area contributed by atoms with E-state index in [4.69, 9.17) is 4.74 Å². The molecule has 344 valence electrons. The van der Waals surface area contributed by atoms with Crippen LogP contribution in [0.2, 0.25) is 0 Å². The Hall–Kier alpha value is -4.70. The van der Waals surface area contributed by atoms with E-state index < -0.39 is 0 Å². The Morgan fingerprint density at radius 1 is 0.667 bits per heavy atom. The van der Waals surface area contributed by atoms with Crippen LogP contribution < -0.4 is 15.1 Å². The first-order chi connectivity index (χ1) is 30.3. The second-order valence-electron chi connectivity index (χ2n) is 17.2. The number of unbranched alkanes of at least 4 members (excludes halogenated alkanes) is 1. The summed E-state index contributed by atoms with van der Waals surface area (Å²) in [7, 11) is 2.05. The topological polar surface area (TPSA) is 27.7 Å². The van der Waals surface area contributed by atoms with Crippen molar-refractivity contribution in [3.05, 3.63) is 152 Å². The number of hydrogen-bond donors (Lipinski definition) is 1. The van der Waals surface area contributed by atoms with Gasteiger partial charge in [-0.3, -0.25) is 0 Å². The van der Waals surface area contributed by atoms with Crippen molar-refractivity contribution in [3.8, 4) is 0 Å². The fraction of sp³-hybridized carbons (Fsp3) is 0.492. The van der Waals surface area contributed by atoms with Gasteiger partial charge < -0.3 is 19.9 Å². The summed E-state index contributed by atoms with van der Waals surface area (Å²) in [5.74, 6) is 1.03. The van der Waals surface area contributed by atoms with E-state index in [-0.39, 0.29) is 5.60 Å². The highest BCUT2D eigenvalue weighted by Crippen LogP contribution is 2.45. The van der Waals surface area contributed by atoms with Crippen LogP contribution in [0.3, 0.4) is 0 Å². The molecule has 7 rings (SSSR count). The lowest BCUT2D eigenvalue weighted by Gasteiger charge is -2.40. The van der Waals surface area contributed by atoms with Gasteiger partial charge in [0.05, 0.1) is 11.9 Å². The minimum atomic E-state index is -0.247. The summed E-state index contributed by atoms with van der Waals surface area (Å²) >= 11 is 0. The maximum atomic E-state index is 7.02. The Balaban J connectivity index is 0.000000311. The van der Waals surface area contributed by atoms with Gasteiger partial charge in [0.2, 0.25) is 0 Å². The molecule has 4 aromatic rings. The standard InChI is InChI=1S/C31H39NO.C22H30N2.3C2H6/c1-6-7-18-29(32-5)31(19-11-8-12-20-31)33-24(4)27-21-28(26-17-10-9-16-25(26)27)30-22(2)14-13-15-23(30)3;1-14-10-16(3)21(17(4)11-14)23-8-9-24(20(23)7)22-18(5)12-15(2)13-19(22)6;3*1-2/h9-10,13-18,21,32H,6-8,11-12,19-20H2,1-5H3;10-13,20H,8-9H2,1-7H3;3*1-2H3/b27-24-,29-18-;;;;. The predicted molar refractivity (Wildman–Crippen MR) is 280 cm³/mol. The summed E-state index contributed by atoms with van der Waals surface area (Å²) in [6.07, 6.45) is 13.2. The number of anilines is 2. The number of likely N-dealkylation sites (N-methyl/N-ethyl adjacent to an activating group) is 1.